The number of nitriles is 1. The van der Waals surface area contributed by atoms with E-state index in [1.807, 2.05) is 24.3 Å². The summed E-state index contributed by atoms with van der Waals surface area (Å²) in [7, 11) is 3.20. The van der Waals surface area contributed by atoms with Gasteiger partial charge in [0.2, 0.25) is 5.91 Å². The van der Waals surface area contributed by atoms with Crippen molar-refractivity contribution in [3.05, 3.63) is 71.8 Å². The Bertz CT molecular complexity index is 817. The van der Waals surface area contributed by atoms with Gasteiger partial charge in [-0.1, -0.05) is 18.2 Å². The minimum atomic E-state index is 0.0269. The highest BCUT2D eigenvalue weighted by atomic mass is 16.5. The second-order valence-corrected chi connectivity index (χ2v) is 6.10. The normalized spacial score (nSPS) is 9.96. The number of nitrogens with zero attached hydrogens (tertiary/aromatic N) is 2. The van der Waals surface area contributed by atoms with Gasteiger partial charge in [0.15, 0.2) is 0 Å². The first-order valence-electron chi connectivity index (χ1n) is 8.69. The maximum Gasteiger partial charge on any atom is 0.223 e. The van der Waals surface area contributed by atoms with Crippen LogP contribution in [0.25, 0.3) is 0 Å². The van der Waals surface area contributed by atoms with E-state index in [0.29, 0.717) is 43.0 Å². The third kappa shape index (κ3) is 5.89. The molecule has 0 fully saturated rings. The van der Waals surface area contributed by atoms with Gasteiger partial charge >= 0.3 is 0 Å². The zero-order chi connectivity index (χ0) is 19.6. The van der Waals surface area contributed by atoms with Crippen LogP contribution in [0.5, 0.6) is 11.5 Å². The third-order valence-corrected chi connectivity index (χ3v) is 4.17. The molecule has 0 saturated carbocycles. The summed E-state index contributed by atoms with van der Waals surface area (Å²) >= 11 is 0. The SMILES string of the molecule is C=CCN(Cc1cccc(C#N)c1)C(=O)CCc1cc(OC)cc(OC)c1. The highest BCUT2D eigenvalue weighted by molar-refractivity contribution is 5.76. The molecular weight excluding hydrogens is 340 g/mol. The first-order chi connectivity index (χ1) is 13.1. The zero-order valence-electron chi connectivity index (χ0n) is 15.8. The molecule has 0 aliphatic heterocycles. The standard InChI is InChI=1S/C22H24N2O3/c1-4-10-24(16-19-7-5-6-18(11-19)15-23)22(25)9-8-17-12-20(26-2)14-21(13-17)27-3/h4-7,11-14H,1,8-10,16H2,2-3H3. The number of benzene rings is 2. The molecule has 0 N–H and O–H groups in total. The molecule has 5 heteroatoms. The van der Waals surface area contributed by atoms with E-state index in [1.165, 1.54) is 0 Å². The third-order valence-electron chi connectivity index (χ3n) is 4.17. The summed E-state index contributed by atoms with van der Waals surface area (Å²) in [6.07, 6.45) is 2.65. The number of hydrogen-bond donors (Lipinski definition) is 0. The highest BCUT2D eigenvalue weighted by Crippen LogP contribution is 2.23. The van der Waals surface area contributed by atoms with Gasteiger partial charge in [-0.3, -0.25) is 4.79 Å². The van der Waals surface area contributed by atoms with Crippen LogP contribution in [0.1, 0.15) is 23.1 Å². The summed E-state index contributed by atoms with van der Waals surface area (Å²) in [6.45, 7) is 4.64. The van der Waals surface area contributed by atoms with Crippen molar-refractivity contribution in [3.8, 4) is 17.6 Å². The lowest BCUT2D eigenvalue weighted by Gasteiger charge is -2.21. The summed E-state index contributed by atoms with van der Waals surface area (Å²) in [5.41, 5.74) is 2.49. The first kappa shape index (κ1) is 20.1. The molecule has 0 radical (unpaired) electrons. The first-order valence-corrected chi connectivity index (χ1v) is 8.69. The Balaban J connectivity index is 2.06. The van der Waals surface area contributed by atoms with Crippen LogP contribution in [0.2, 0.25) is 0 Å². The predicted molar refractivity (Wildman–Crippen MR) is 105 cm³/mol. The molecule has 5 nitrogen and oxygen atoms in total. The van der Waals surface area contributed by atoms with Crippen LogP contribution in [0.4, 0.5) is 0 Å². The number of hydrogen-bond acceptors (Lipinski definition) is 4. The van der Waals surface area contributed by atoms with Crippen LogP contribution in [-0.2, 0) is 17.8 Å². The number of amides is 1. The zero-order valence-corrected chi connectivity index (χ0v) is 15.8. The number of ether oxygens (including phenoxy) is 2. The Morgan fingerprint density at radius 3 is 2.44 bits per heavy atom. The molecule has 27 heavy (non-hydrogen) atoms. The molecule has 2 aromatic carbocycles. The van der Waals surface area contributed by atoms with E-state index in [1.54, 1.807) is 43.4 Å². The second-order valence-electron chi connectivity index (χ2n) is 6.10. The van der Waals surface area contributed by atoms with Gasteiger partial charge in [-0.05, 0) is 41.8 Å². The summed E-state index contributed by atoms with van der Waals surface area (Å²) < 4.78 is 10.6. The number of carbonyl (C=O) groups excluding carboxylic acids is 1. The monoisotopic (exact) mass is 364 g/mol. The van der Waals surface area contributed by atoms with Crippen molar-refractivity contribution >= 4 is 5.91 Å². The Hall–Kier alpha value is -3.26. The molecule has 1 amide bonds. The van der Waals surface area contributed by atoms with Gasteiger partial charge in [0.25, 0.3) is 0 Å². The lowest BCUT2D eigenvalue weighted by molar-refractivity contribution is -0.131. The van der Waals surface area contributed by atoms with Crippen molar-refractivity contribution in [1.29, 1.82) is 5.26 Å². The Morgan fingerprint density at radius 1 is 1.15 bits per heavy atom. The Labute approximate surface area is 160 Å². The van der Waals surface area contributed by atoms with Crippen molar-refractivity contribution < 1.29 is 14.3 Å². The number of aryl methyl sites for hydroxylation is 1. The molecule has 0 saturated heterocycles. The molecule has 0 bridgehead atoms. The van der Waals surface area contributed by atoms with Crippen molar-refractivity contribution in [2.24, 2.45) is 0 Å². The van der Waals surface area contributed by atoms with Crippen LogP contribution in [0.3, 0.4) is 0 Å². The quantitative estimate of drug-likeness (QED) is 0.636. The van der Waals surface area contributed by atoms with Crippen LogP contribution in [0.15, 0.2) is 55.1 Å². The summed E-state index contributed by atoms with van der Waals surface area (Å²) in [5.74, 6) is 1.43. The Morgan fingerprint density at radius 2 is 1.85 bits per heavy atom. The molecule has 0 aliphatic carbocycles. The fourth-order valence-electron chi connectivity index (χ4n) is 2.79. The summed E-state index contributed by atoms with van der Waals surface area (Å²) in [4.78, 5) is 14.5. The molecule has 140 valence electrons. The lowest BCUT2D eigenvalue weighted by Crippen LogP contribution is -2.30. The van der Waals surface area contributed by atoms with E-state index < -0.39 is 0 Å². The maximum absolute atomic E-state index is 12.7. The van der Waals surface area contributed by atoms with Crippen LogP contribution in [0, 0.1) is 11.3 Å². The van der Waals surface area contributed by atoms with E-state index in [0.717, 1.165) is 11.1 Å². The molecule has 2 rings (SSSR count). The fraction of sp³-hybridized carbons (Fsp3) is 0.273. The van der Waals surface area contributed by atoms with Gasteiger partial charge in [-0.15, -0.1) is 6.58 Å². The molecular formula is C22H24N2O3. The van der Waals surface area contributed by atoms with Gasteiger partial charge in [0.1, 0.15) is 11.5 Å². The molecule has 0 aliphatic rings. The van der Waals surface area contributed by atoms with E-state index in [2.05, 4.69) is 12.6 Å². The van der Waals surface area contributed by atoms with Gasteiger partial charge < -0.3 is 14.4 Å². The maximum atomic E-state index is 12.7. The van der Waals surface area contributed by atoms with E-state index >= 15 is 0 Å². The second kappa shape index (κ2) is 10.0. The fourth-order valence-corrected chi connectivity index (χ4v) is 2.79. The van der Waals surface area contributed by atoms with E-state index in [9.17, 15) is 4.79 Å². The number of rotatable bonds is 9. The smallest absolute Gasteiger partial charge is 0.223 e. The Kier molecular flexibility index (Phi) is 7.45. The topological polar surface area (TPSA) is 62.6 Å². The van der Waals surface area contributed by atoms with Crippen molar-refractivity contribution in [2.75, 3.05) is 20.8 Å². The van der Waals surface area contributed by atoms with E-state index in [4.69, 9.17) is 14.7 Å². The van der Waals surface area contributed by atoms with E-state index in [-0.39, 0.29) is 5.91 Å². The molecule has 0 spiro atoms. The van der Waals surface area contributed by atoms with Gasteiger partial charge in [0, 0.05) is 25.6 Å². The number of methoxy groups -OCH3 is 2. The molecule has 0 unspecified atom stereocenters. The van der Waals surface area contributed by atoms with Crippen LogP contribution < -0.4 is 9.47 Å². The molecule has 0 aromatic heterocycles. The molecule has 0 heterocycles. The van der Waals surface area contributed by atoms with Crippen molar-refractivity contribution in [2.45, 2.75) is 19.4 Å². The average Bonchev–Trinajstić information content (AvgIpc) is 2.71. The number of carbonyl (C=O) groups is 1. The largest absolute Gasteiger partial charge is 0.497 e. The predicted octanol–water partition coefficient (Wildman–Crippen LogP) is 3.72. The average molecular weight is 364 g/mol. The van der Waals surface area contributed by atoms with Gasteiger partial charge in [-0.2, -0.15) is 5.26 Å². The van der Waals surface area contributed by atoms with Crippen LogP contribution in [-0.4, -0.2) is 31.6 Å². The summed E-state index contributed by atoms with van der Waals surface area (Å²) in [6, 6.07) is 15.0. The summed E-state index contributed by atoms with van der Waals surface area (Å²) in [5, 5.41) is 9.04. The minimum absolute atomic E-state index is 0.0269. The van der Waals surface area contributed by atoms with Gasteiger partial charge in [-0.25, -0.2) is 0 Å². The van der Waals surface area contributed by atoms with Crippen molar-refractivity contribution in [3.63, 3.8) is 0 Å². The molecule has 2 aromatic rings. The lowest BCUT2D eigenvalue weighted by atomic mass is 10.1. The van der Waals surface area contributed by atoms with Gasteiger partial charge in [0.05, 0.1) is 25.9 Å². The molecule has 0 atom stereocenters. The van der Waals surface area contributed by atoms with Crippen molar-refractivity contribution in [1.82, 2.24) is 4.90 Å². The minimum Gasteiger partial charge on any atom is -0.497 e. The van der Waals surface area contributed by atoms with Crippen LogP contribution >= 0.6 is 0 Å². The highest BCUT2D eigenvalue weighted by Gasteiger charge is 2.14.